The summed E-state index contributed by atoms with van der Waals surface area (Å²) in [5.41, 5.74) is 0.651. The zero-order valence-corrected chi connectivity index (χ0v) is 13.0. The number of aromatic nitrogens is 1. The van der Waals surface area contributed by atoms with E-state index in [1.165, 1.54) is 11.3 Å². The van der Waals surface area contributed by atoms with Crippen molar-refractivity contribution in [1.29, 1.82) is 0 Å². The molecule has 2 atom stereocenters. The van der Waals surface area contributed by atoms with Crippen LogP contribution in [0.5, 0.6) is 0 Å². The molecule has 7 heteroatoms. The molecule has 1 fully saturated rings. The van der Waals surface area contributed by atoms with E-state index in [0.29, 0.717) is 23.8 Å². The first-order valence-electron chi connectivity index (χ1n) is 7.10. The van der Waals surface area contributed by atoms with E-state index in [-0.39, 0.29) is 11.8 Å². The maximum absolute atomic E-state index is 12.3. The highest BCUT2D eigenvalue weighted by atomic mass is 32.1. The number of rotatable bonds is 5. The molecule has 1 aliphatic rings. The number of amides is 1. The summed E-state index contributed by atoms with van der Waals surface area (Å²) >= 11 is 1.32. The Morgan fingerprint density at radius 1 is 1.57 bits per heavy atom. The second kappa shape index (κ2) is 7.00. The molecule has 2 heterocycles. The van der Waals surface area contributed by atoms with E-state index >= 15 is 0 Å². The van der Waals surface area contributed by atoms with E-state index in [1.807, 2.05) is 6.92 Å². The molecule has 0 aromatic carbocycles. The molecule has 0 aliphatic carbocycles. The van der Waals surface area contributed by atoms with Gasteiger partial charge in [0.1, 0.15) is 10.9 Å². The molecule has 1 aromatic rings. The van der Waals surface area contributed by atoms with Gasteiger partial charge in [0.2, 0.25) is 0 Å². The van der Waals surface area contributed by atoms with Crippen LogP contribution in [0, 0.1) is 12.8 Å². The van der Waals surface area contributed by atoms with Crippen molar-refractivity contribution >= 4 is 23.2 Å². The van der Waals surface area contributed by atoms with Gasteiger partial charge in [0, 0.05) is 12.5 Å². The topological polar surface area (TPSA) is 88.5 Å². The molecule has 116 valence electrons. The molecule has 1 aromatic heterocycles. The third-order valence-corrected chi connectivity index (χ3v) is 4.87. The van der Waals surface area contributed by atoms with Gasteiger partial charge >= 0.3 is 5.97 Å². The first-order valence-corrected chi connectivity index (χ1v) is 7.92. The highest BCUT2D eigenvalue weighted by molar-refractivity contribution is 7.13. The summed E-state index contributed by atoms with van der Waals surface area (Å²) in [6.45, 7) is 4.77. The number of carboxylic acids is 1. The Kier molecular flexibility index (Phi) is 5.30. The van der Waals surface area contributed by atoms with Gasteiger partial charge in [-0.2, -0.15) is 0 Å². The predicted octanol–water partition coefficient (Wildman–Crippen LogP) is 1.62. The Bertz CT molecular complexity index is 523. The summed E-state index contributed by atoms with van der Waals surface area (Å²) in [5.74, 6) is -1.56. The van der Waals surface area contributed by atoms with Gasteiger partial charge in [-0.15, -0.1) is 11.3 Å². The van der Waals surface area contributed by atoms with Crippen molar-refractivity contribution in [2.24, 2.45) is 5.92 Å². The summed E-state index contributed by atoms with van der Waals surface area (Å²) in [5, 5.41) is 12.9. The van der Waals surface area contributed by atoms with Crippen LogP contribution < -0.4 is 5.32 Å². The summed E-state index contributed by atoms with van der Waals surface area (Å²) in [6.07, 6.45) is 2.33. The molecule has 1 saturated heterocycles. The highest BCUT2D eigenvalue weighted by Crippen LogP contribution is 2.21. The van der Waals surface area contributed by atoms with Crippen molar-refractivity contribution in [3.63, 3.8) is 0 Å². The molecular formula is C14H20N2O4S. The minimum absolute atomic E-state index is 0.181. The zero-order valence-electron chi connectivity index (χ0n) is 12.2. The number of nitrogens with one attached hydrogen (secondary N) is 1. The van der Waals surface area contributed by atoms with Crippen molar-refractivity contribution in [2.45, 2.75) is 39.2 Å². The largest absolute Gasteiger partial charge is 0.480 e. The summed E-state index contributed by atoms with van der Waals surface area (Å²) in [6, 6.07) is -0.913. The number of nitrogens with zero attached hydrogens (tertiary/aromatic N) is 1. The summed E-state index contributed by atoms with van der Waals surface area (Å²) in [7, 11) is 0. The van der Waals surface area contributed by atoms with Crippen LogP contribution in [0.4, 0.5) is 0 Å². The fourth-order valence-corrected chi connectivity index (χ4v) is 3.34. The van der Waals surface area contributed by atoms with Gasteiger partial charge in [-0.3, -0.25) is 4.79 Å². The number of carbonyl (C=O) groups is 2. The second-order valence-electron chi connectivity index (χ2n) is 5.14. The quantitative estimate of drug-likeness (QED) is 0.862. The first-order chi connectivity index (χ1) is 10.0. The number of thiazole rings is 1. The minimum Gasteiger partial charge on any atom is -0.480 e. The van der Waals surface area contributed by atoms with Crippen LogP contribution in [-0.4, -0.2) is 41.2 Å². The van der Waals surface area contributed by atoms with Crippen LogP contribution >= 0.6 is 11.3 Å². The van der Waals surface area contributed by atoms with E-state index in [2.05, 4.69) is 10.3 Å². The van der Waals surface area contributed by atoms with Gasteiger partial charge in [0.15, 0.2) is 0 Å². The van der Waals surface area contributed by atoms with Gasteiger partial charge in [-0.1, -0.05) is 6.92 Å². The Balaban J connectivity index is 2.10. The van der Waals surface area contributed by atoms with E-state index in [0.717, 1.165) is 24.3 Å². The Hall–Kier alpha value is -1.47. The van der Waals surface area contributed by atoms with Crippen molar-refractivity contribution in [3.05, 3.63) is 15.6 Å². The number of carboxylic acid groups (broad SMARTS) is 1. The molecule has 1 amide bonds. The average molecular weight is 312 g/mol. The molecule has 6 nitrogen and oxygen atoms in total. The third kappa shape index (κ3) is 3.79. The SMILES string of the molecule is CCc1nc(C)c(C(=O)NC(C(=O)O)C2CCCOC2)s1. The predicted molar refractivity (Wildman–Crippen MR) is 78.7 cm³/mol. The van der Waals surface area contributed by atoms with Crippen molar-refractivity contribution < 1.29 is 19.4 Å². The average Bonchev–Trinajstić information content (AvgIpc) is 2.86. The van der Waals surface area contributed by atoms with Crippen LogP contribution in [0.25, 0.3) is 0 Å². The van der Waals surface area contributed by atoms with Crippen LogP contribution in [0.15, 0.2) is 0 Å². The van der Waals surface area contributed by atoms with Crippen LogP contribution in [0.3, 0.4) is 0 Å². The lowest BCUT2D eigenvalue weighted by molar-refractivity contribution is -0.142. The molecule has 2 unspecified atom stereocenters. The number of hydrogen-bond acceptors (Lipinski definition) is 5. The van der Waals surface area contributed by atoms with Crippen LogP contribution in [-0.2, 0) is 16.0 Å². The van der Waals surface area contributed by atoms with Gasteiger partial charge in [0.25, 0.3) is 5.91 Å². The molecule has 0 saturated carbocycles. The Morgan fingerprint density at radius 2 is 2.33 bits per heavy atom. The van der Waals surface area contributed by atoms with Gasteiger partial charge < -0.3 is 15.2 Å². The second-order valence-corrected chi connectivity index (χ2v) is 6.23. The lowest BCUT2D eigenvalue weighted by Gasteiger charge is -2.27. The van der Waals surface area contributed by atoms with Crippen molar-refractivity contribution in [2.75, 3.05) is 13.2 Å². The van der Waals surface area contributed by atoms with E-state index in [1.54, 1.807) is 6.92 Å². The first kappa shape index (κ1) is 15.9. The third-order valence-electron chi connectivity index (χ3n) is 3.57. The Labute approximate surface area is 127 Å². The number of carbonyl (C=O) groups excluding carboxylic acids is 1. The molecule has 2 N–H and O–H groups in total. The molecule has 0 radical (unpaired) electrons. The lowest BCUT2D eigenvalue weighted by Crippen LogP contribution is -2.48. The van der Waals surface area contributed by atoms with E-state index in [4.69, 9.17) is 4.74 Å². The molecular weight excluding hydrogens is 292 g/mol. The van der Waals surface area contributed by atoms with Gasteiger partial charge in [-0.05, 0) is 26.2 Å². The van der Waals surface area contributed by atoms with Crippen molar-refractivity contribution in [1.82, 2.24) is 10.3 Å². The normalized spacial score (nSPS) is 20.0. The van der Waals surface area contributed by atoms with Gasteiger partial charge in [-0.25, -0.2) is 9.78 Å². The van der Waals surface area contributed by atoms with E-state index in [9.17, 15) is 14.7 Å². The maximum atomic E-state index is 12.3. The van der Waals surface area contributed by atoms with Crippen molar-refractivity contribution in [3.8, 4) is 0 Å². The molecule has 0 spiro atoms. The number of aliphatic carboxylic acids is 1. The summed E-state index contributed by atoms with van der Waals surface area (Å²) < 4.78 is 5.32. The molecule has 2 rings (SSSR count). The maximum Gasteiger partial charge on any atom is 0.326 e. The number of ether oxygens (including phenoxy) is 1. The number of hydrogen-bond donors (Lipinski definition) is 2. The molecule has 21 heavy (non-hydrogen) atoms. The van der Waals surface area contributed by atoms with Gasteiger partial charge in [0.05, 0.1) is 17.3 Å². The molecule has 1 aliphatic heterocycles. The standard InChI is InChI=1S/C14H20N2O4S/c1-3-10-15-8(2)12(21-10)13(17)16-11(14(18)19)9-5-4-6-20-7-9/h9,11H,3-7H2,1-2H3,(H,16,17)(H,18,19). The Morgan fingerprint density at radius 3 is 2.86 bits per heavy atom. The monoisotopic (exact) mass is 312 g/mol. The minimum atomic E-state index is -1.02. The zero-order chi connectivity index (χ0) is 15.4. The fraction of sp³-hybridized carbons (Fsp3) is 0.643. The fourth-order valence-electron chi connectivity index (χ4n) is 2.43. The highest BCUT2D eigenvalue weighted by Gasteiger charge is 2.32. The van der Waals surface area contributed by atoms with E-state index < -0.39 is 12.0 Å². The summed E-state index contributed by atoms with van der Waals surface area (Å²) in [4.78, 5) is 28.5. The smallest absolute Gasteiger partial charge is 0.326 e. The van der Waals surface area contributed by atoms with Crippen LogP contribution in [0.1, 0.15) is 40.1 Å². The molecule has 0 bridgehead atoms. The lowest BCUT2D eigenvalue weighted by atomic mass is 9.93. The number of aryl methyl sites for hydroxylation is 2. The van der Waals surface area contributed by atoms with Crippen LogP contribution in [0.2, 0.25) is 0 Å².